The van der Waals surface area contributed by atoms with E-state index >= 15 is 0 Å². The van der Waals surface area contributed by atoms with Crippen molar-refractivity contribution in [3.8, 4) is 0 Å². The van der Waals surface area contributed by atoms with Crippen molar-refractivity contribution in [3.05, 3.63) is 47.7 Å². The Kier molecular flexibility index (Phi) is 6.39. The van der Waals surface area contributed by atoms with Gasteiger partial charge in [0.1, 0.15) is 5.82 Å². The number of carbonyl (C=O) groups is 2. The van der Waals surface area contributed by atoms with E-state index in [9.17, 15) is 9.59 Å². The summed E-state index contributed by atoms with van der Waals surface area (Å²) < 4.78 is 0. The van der Waals surface area contributed by atoms with E-state index in [0.29, 0.717) is 13.1 Å². The summed E-state index contributed by atoms with van der Waals surface area (Å²) in [6.07, 6.45) is 2.73. The Morgan fingerprint density at radius 2 is 1.90 bits per heavy atom. The van der Waals surface area contributed by atoms with Gasteiger partial charge in [-0.15, -0.1) is 0 Å². The minimum Gasteiger partial charge on any atom is -0.357 e. The first-order chi connectivity index (χ1) is 15.0. The third kappa shape index (κ3) is 5.34. The Balaban J connectivity index is 1.31. The van der Waals surface area contributed by atoms with Crippen molar-refractivity contribution >= 4 is 29.0 Å². The fourth-order valence-electron chi connectivity index (χ4n) is 4.08. The lowest BCUT2D eigenvalue weighted by atomic mass is 9.99. The third-order valence-electron chi connectivity index (χ3n) is 6.23. The second kappa shape index (κ2) is 9.37. The maximum Gasteiger partial charge on any atom is 0.225 e. The number of hydrogen-bond acceptors (Lipinski definition) is 5. The Bertz CT molecular complexity index is 935. The van der Waals surface area contributed by atoms with Crippen LogP contribution in [0.4, 0.5) is 17.2 Å². The average molecular weight is 422 g/mol. The molecule has 2 amide bonds. The number of carbonyl (C=O) groups excluding carboxylic acids is 2. The summed E-state index contributed by atoms with van der Waals surface area (Å²) in [7, 11) is 0. The van der Waals surface area contributed by atoms with Gasteiger partial charge in [-0.3, -0.25) is 9.59 Å². The summed E-state index contributed by atoms with van der Waals surface area (Å²) in [4.78, 5) is 30.6. The number of nitrogens with one attached hydrogen (secondary N) is 3. The minimum atomic E-state index is -0.264. The van der Waals surface area contributed by atoms with E-state index in [4.69, 9.17) is 4.98 Å². The van der Waals surface area contributed by atoms with Gasteiger partial charge < -0.3 is 20.9 Å². The number of piperidine rings is 1. The fourth-order valence-corrected chi connectivity index (χ4v) is 4.08. The normalized spacial score (nSPS) is 19.2. The number of nitrogens with zero attached hydrogens (tertiary/aromatic N) is 2. The molecule has 1 atom stereocenters. The minimum absolute atomic E-state index is 0.0566. The molecule has 164 valence electrons. The number of amides is 2. The lowest BCUT2D eigenvalue weighted by molar-refractivity contribution is -0.126. The largest absolute Gasteiger partial charge is 0.357 e. The van der Waals surface area contributed by atoms with Gasteiger partial charge in [-0.25, -0.2) is 4.98 Å². The molecule has 7 heteroatoms. The van der Waals surface area contributed by atoms with E-state index in [0.717, 1.165) is 47.5 Å². The highest BCUT2D eigenvalue weighted by molar-refractivity contribution is 5.89. The van der Waals surface area contributed by atoms with Crippen LogP contribution < -0.4 is 20.9 Å². The number of benzene rings is 1. The third-order valence-corrected chi connectivity index (χ3v) is 6.23. The molecular weight excluding hydrogens is 390 g/mol. The van der Waals surface area contributed by atoms with Crippen LogP contribution in [0.3, 0.4) is 0 Å². The van der Waals surface area contributed by atoms with E-state index in [1.165, 1.54) is 12.8 Å². The molecule has 0 aliphatic carbocycles. The van der Waals surface area contributed by atoms with Gasteiger partial charge in [0.05, 0.1) is 17.3 Å². The molecule has 2 aliphatic rings. The van der Waals surface area contributed by atoms with Gasteiger partial charge in [-0.05, 0) is 55.5 Å². The highest BCUT2D eigenvalue weighted by atomic mass is 16.2. The standard InChI is InChI=1S/C24H31N5O2/c1-16-9-11-29(12-10-16)22-8-7-21(17(2)27-22)28-20-5-3-18(4-6-20)14-26-24(31)19-13-23(30)25-15-19/h3-8,16,19,28H,9-15H2,1-2H3,(H,25,30)(H,26,31). The molecule has 2 aromatic rings. The zero-order valence-electron chi connectivity index (χ0n) is 18.3. The number of pyridine rings is 1. The van der Waals surface area contributed by atoms with Crippen molar-refractivity contribution in [1.82, 2.24) is 15.6 Å². The van der Waals surface area contributed by atoms with Crippen LogP contribution in [-0.4, -0.2) is 36.4 Å². The van der Waals surface area contributed by atoms with E-state index in [1.54, 1.807) is 0 Å². The first kappa shape index (κ1) is 21.2. The number of aryl methyl sites for hydroxylation is 1. The predicted molar refractivity (Wildman–Crippen MR) is 122 cm³/mol. The lowest BCUT2D eigenvalue weighted by Gasteiger charge is -2.31. The number of rotatable bonds is 6. The van der Waals surface area contributed by atoms with Gasteiger partial charge >= 0.3 is 0 Å². The number of aromatic nitrogens is 1. The highest BCUT2D eigenvalue weighted by Gasteiger charge is 2.27. The maximum absolute atomic E-state index is 12.1. The Morgan fingerprint density at radius 1 is 1.16 bits per heavy atom. The molecule has 0 radical (unpaired) electrons. The van der Waals surface area contributed by atoms with Crippen molar-refractivity contribution in [3.63, 3.8) is 0 Å². The molecule has 1 aromatic heterocycles. The molecule has 3 heterocycles. The van der Waals surface area contributed by atoms with Gasteiger partial charge in [0.15, 0.2) is 0 Å². The molecular formula is C24H31N5O2. The molecule has 4 rings (SSSR count). The summed E-state index contributed by atoms with van der Waals surface area (Å²) in [5.74, 6) is 1.46. The van der Waals surface area contributed by atoms with Crippen LogP contribution >= 0.6 is 0 Å². The van der Waals surface area contributed by atoms with Crippen molar-refractivity contribution in [2.45, 2.75) is 39.7 Å². The molecule has 0 spiro atoms. The predicted octanol–water partition coefficient (Wildman–Crippen LogP) is 3.12. The van der Waals surface area contributed by atoms with Crippen molar-refractivity contribution in [1.29, 1.82) is 0 Å². The van der Waals surface area contributed by atoms with E-state index in [-0.39, 0.29) is 24.2 Å². The lowest BCUT2D eigenvalue weighted by Crippen LogP contribution is -2.33. The molecule has 1 unspecified atom stereocenters. The van der Waals surface area contributed by atoms with Crippen LogP contribution in [0.1, 0.15) is 37.4 Å². The number of hydrogen-bond donors (Lipinski definition) is 3. The molecule has 0 saturated carbocycles. The van der Waals surface area contributed by atoms with E-state index in [1.807, 2.05) is 31.2 Å². The van der Waals surface area contributed by atoms with Crippen LogP contribution in [0.25, 0.3) is 0 Å². The molecule has 3 N–H and O–H groups in total. The van der Waals surface area contributed by atoms with Crippen LogP contribution in [0.5, 0.6) is 0 Å². The SMILES string of the molecule is Cc1nc(N2CCC(C)CC2)ccc1Nc1ccc(CNC(=O)C2CNC(=O)C2)cc1. The molecule has 1 aromatic carbocycles. The second-order valence-electron chi connectivity index (χ2n) is 8.72. The summed E-state index contributed by atoms with van der Waals surface area (Å²) in [6.45, 7) is 7.38. The summed E-state index contributed by atoms with van der Waals surface area (Å²) in [5.41, 5.74) is 3.96. The van der Waals surface area contributed by atoms with E-state index < -0.39 is 0 Å². The fraction of sp³-hybridized carbons (Fsp3) is 0.458. The highest BCUT2D eigenvalue weighted by Crippen LogP contribution is 2.26. The van der Waals surface area contributed by atoms with Crippen LogP contribution in [0.2, 0.25) is 0 Å². The quantitative estimate of drug-likeness (QED) is 0.667. The first-order valence-electron chi connectivity index (χ1n) is 11.1. The smallest absolute Gasteiger partial charge is 0.225 e. The monoisotopic (exact) mass is 421 g/mol. The second-order valence-corrected chi connectivity index (χ2v) is 8.72. The first-order valence-corrected chi connectivity index (χ1v) is 11.1. The van der Waals surface area contributed by atoms with Crippen molar-refractivity contribution in [2.24, 2.45) is 11.8 Å². The molecule has 31 heavy (non-hydrogen) atoms. The van der Waals surface area contributed by atoms with Crippen LogP contribution in [0.15, 0.2) is 36.4 Å². The van der Waals surface area contributed by atoms with Gasteiger partial charge in [-0.1, -0.05) is 19.1 Å². The number of anilines is 3. The van der Waals surface area contributed by atoms with Gasteiger partial charge in [0.2, 0.25) is 11.8 Å². The van der Waals surface area contributed by atoms with Crippen LogP contribution in [0, 0.1) is 18.8 Å². The summed E-state index contributed by atoms with van der Waals surface area (Å²) >= 11 is 0. The zero-order valence-corrected chi connectivity index (χ0v) is 18.3. The summed E-state index contributed by atoms with van der Waals surface area (Å²) in [5, 5.41) is 9.04. The Hall–Kier alpha value is -3.09. The zero-order chi connectivity index (χ0) is 21.8. The average Bonchev–Trinajstić information content (AvgIpc) is 3.21. The maximum atomic E-state index is 12.1. The van der Waals surface area contributed by atoms with Gasteiger partial charge in [0, 0.05) is 38.3 Å². The van der Waals surface area contributed by atoms with Crippen molar-refractivity contribution in [2.75, 3.05) is 29.9 Å². The molecule has 2 fully saturated rings. The van der Waals surface area contributed by atoms with Crippen molar-refractivity contribution < 1.29 is 9.59 Å². The Morgan fingerprint density at radius 3 is 2.55 bits per heavy atom. The molecule has 2 aliphatic heterocycles. The topological polar surface area (TPSA) is 86.4 Å². The van der Waals surface area contributed by atoms with Crippen LogP contribution in [-0.2, 0) is 16.1 Å². The van der Waals surface area contributed by atoms with Gasteiger partial charge in [-0.2, -0.15) is 0 Å². The molecule has 7 nitrogen and oxygen atoms in total. The molecule has 2 saturated heterocycles. The van der Waals surface area contributed by atoms with Gasteiger partial charge in [0.25, 0.3) is 0 Å². The van der Waals surface area contributed by atoms with E-state index in [2.05, 4.69) is 39.9 Å². The Labute approximate surface area is 183 Å². The summed E-state index contributed by atoms with van der Waals surface area (Å²) in [6, 6.07) is 12.2. The molecule has 0 bridgehead atoms.